The first-order valence-electron chi connectivity index (χ1n) is 5.48. The third kappa shape index (κ3) is 2.38. The Hall–Kier alpha value is -0.870. The van der Waals surface area contributed by atoms with Crippen LogP contribution in [0, 0.1) is 0 Å². The van der Waals surface area contributed by atoms with Gasteiger partial charge in [0.25, 0.3) is 0 Å². The molecule has 0 fully saturated rings. The number of nitrogens with zero attached hydrogens (tertiary/aromatic N) is 3. The molecule has 1 aliphatic rings. The van der Waals surface area contributed by atoms with Crippen molar-refractivity contribution in [3.63, 3.8) is 0 Å². The lowest BCUT2D eigenvalue weighted by Crippen LogP contribution is -2.26. The van der Waals surface area contributed by atoms with Crippen LogP contribution in [0.5, 0.6) is 0 Å². The van der Waals surface area contributed by atoms with Crippen LogP contribution in [0.3, 0.4) is 0 Å². The Labute approximate surface area is 90.5 Å². The highest BCUT2D eigenvalue weighted by atomic mass is 16.3. The number of hydrogen-bond donors (Lipinski definition) is 1. The molecule has 0 bridgehead atoms. The maximum absolute atomic E-state index is 9.69. The van der Waals surface area contributed by atoms with Gasteiger partial charge in [-0.15, -0.1) is 0 Å². The van der Waals surface area contributed by atoms with E-state index < -0.39 is 5.60 Å². The fourth-order valence-corrected chi connectivity index (χ4v) is 1.98. The van der Waals surface area contributed by atoms with E-state index in [1.54, 1.807) is 13.8 Å². The van der Waals surface area contributed by atoms with Crippen LogP contribution in [0.4, 0.5) is 0 Å². The van der Waals surface area contributed by atoms with Gasteiger partial charge in [0.1, 0.15) is 0 Å². The second-order valence-electron chi connectivity index (χ2n) is 4.91. The largest absolute Gasteiger partial charge is 0.389 e. The van der Waals surface area contributed by atoms with Crippen molar-refractivity contribution in [2.75, 3.05) is 6.54 Å². The summed E-state index contributed by atoms with van der Waals surface area (Å²) in [5, 5.41) is 14.2. The smallest absolute Gasteiger partial charge is 0.0809 e. The van der Waals surface area contributed by atoms with Gasteiger partial charge in [-0.25, -0.2) is 0 Å². The Morgan fingerprint density at radius 3 is 2.73 bits per heavy atom. The molecule has 2 rings (SSSR count). The first-order chi connectivity index (χ1) is 6.98. The van der Waals surface area contributed by atoms with Gasteiger partial charge in [0.15, 0.2) is 0 Å². The lowest BCUT2D eigenvalue weighted by molar-refractivity contribution is 0.0574. The first-order valence-corrected chi connectivity index (χ1v) is 5.48. The van der Waals surface area contributed by atoms with Crippen molar-refractivity contribution < 1.29 is 5.11 Å². The van der Waals surface area contributed by atoms with Gasteiger partial charge in [0, 0.05) is 24.8 Å². The number of aliphatic hydroxyl groups is 1. The van der Waals surface area contributed by atoms with Gasteiger partial charge in [-0.1, -0.05) is 6.92 Å². The fourth-order valence-electron chi connectivity index (χ4n) is 1.98. The van der Waals surface area contributed by atoms with Gasteiger partial charge in [0.05, 0.1) is 17.8 Å². The molecule has 84 valence electrons. The molecule has 0 unspecified atom stereocenters. The van der Waals surface area contributed by atoms with Crippen LogP contribution >= 0.6 is 0 Å². The molecule has 1 N–H and O–H groups in total. The second-order valence-corrected chi connectivity index (χ2v) is 4.91. The average Bonchev–Trinajstić information content (AvgIpc) is 2.57. The van der Waals surface area contributed by atoms with E-state index in [9.17, 15) is 5.11 Å². The van der Waals surface area contributed by atoms with Crippen LogP contribution in [0.25, 0.3) is 0 Å². The van der Waals surface area contributed by atoms with Gasteiger partial charge >= 0.3 is 0 Å². The molecule has 4 heteroatoms. The molecule has 0 radical (unpaired) electrons. The lowest BCUT2D eigenvalue weighted by atomic mass is 10.1. The molecule has 0 atom stereocenters. The standard InChI is InChI=1S/C11H19N3O/c1-4-13-5-9-6-14(8-11(2,3)15)12-10(9)7-13/h6,15H,4-5,7-8H2,1-3H3. The predicted molar refractivity (Wildman–Crippen MR) is 58.3 cm³/mol. The summed E-state index contributed by atoms with van der Waals surface area (Å²) in [7, 11) is 0. The van der Waals surface area contributed by atoms with Gasteiger partial charge in [0.2, 0.25) is 0 Å². The SMILES string of the molecule is CCN1Cc2cn(CC(C)(C)O)nc2C1. The van der Waals surface area contributed by atoms with E-state index >= 15 is 0 Å². The van der Waals surface area contributed by atoms with Crippen LogP contribution in [0.15, 0.2) is 6.20 Å². The zero-order valence-corrected chi connectivity index (χ0v) is 9.69. The van der Waals surface area contributed by atoms with Gasteiger partial charge in [-0.3, -0.25) is 9.58 Å². The molecule has 1 aliphatic heterocycles. The van der Waals surface area contributed by atoms with Crippen LogP contribution in [-0.4, -0.2) is 31.9 Å². The normalized spacial score (nSPS) is 17.1. The molecule has 0 saturated heterocycles. The monoisotopic (exact) mass is 209 g/mol. The third-order valence-corrected chi connectivity index (χ3v) is 2.69. The molecule has 1 aromatic heterocycles. The molecule has 15 heavy (non-hydrogen) atoms. The zero-order valence-electron chi connectivity index (χ0n) is 9.69. The molecule has 0 aliphatic carbocycles. The molecule has 4 nitrogen and oxygen atoms in total. The molecule has 0 amide bonds. The molecule has 1 aromatic rings. The molecular formula is C11H19N3O. The molecule has 0 saturated carbocycles. The number of rotatable bonds is 3. The van der Waals surface area contributed by atoms with E-state index in [1.165, 1.54) is 11.3 Å². The van der Waals surface area contributed by atoms with E-state index in [0.29, 0.717) is 6.54 Å². The maximum atomic E-state index is 9.69. The van der Waals surface area contributed by atoms with Crippen molar-refractivity contribution in [2.45, 2.75) is 46.0 Å². The van der Waals surface area contributed by atoms with Crippen molar-refractivity contribution in [1.29, 1.82) is 0 Å². The predicted octanol–water partition coefficient (Wildman–Crippen LogP) is 0.990. The van der Waals surface area contributed by atoms with Crippen molar-refractivity contribution in [3.05, 3.63) is 17.5 Å². The Morgan fingerprint density at radius 2 is 2.20 bits per heavy atom. The first kappa shape index (κ1) is 10.6. The molecule has 2 heterocycles. The summed E-state index contributed by atoms with van der Waals surface area (Å²) in [5.41, 5.74) is 1.78. The fraction of sp³-hybridized carbons (Fsp3) is 0.727. The van der Waals surface area contributed by atoms with Crippen LogP contribution < -0.4 is 0 Å². The summed E-state index contributed by atoms with van der Waals surface area (Å²) >= 11 is 0. The van der Waals surface area contributed by atoms with Crippen molar-refractivity contribution >= 4 is 0 Å². The number of aromatic nitrogens is 2. The number of fused-ring (bicyclic) bond motifs is 1. The van der Waals surface area contributed by atoms with E-state index in [0.717, 1.165) is 19.6 Å². The van der Waals surface area contributed by atoms with Crippen LogP contribution in [0.2, 0.25) is 0 Å². The minimum atomic E-state index is -0.690. The highest BCUT2D eigenvalue weighted by molar-refractivity contribution is 5.21. The van der Waals surface area contributed by atoms with Gasteiger partial charge in [-0.2, -0.15) is 5.10 Å². The van der Waals surface area contributed by atoms with Crippen LogP contribution in [0.1, 0.15) is 32.0 Å². The Bertz CT molecular complexity index is 328. The highest BCUT2D eigenvalue weighted by Crippen LogP contribution is 2.21. The lowest BCUT2D eigenvalue weighted by Gasteiger charge is -2.17. The zero-order chi connectivity index (χ0) is 11.1. The number of hydrogen-bond acceptors (Lipinski definition) is 3. The summed E-state index contributed by atoms with van der Waals surface area (Å²) in [6.07, 6.45) is 2.06. The van der Waals surface area contributed by atoms with Crippen LogP contribution in [-0.2, 0) is 19.6 Å². The van der Waals surface area contributed by atoms with Crippen molar-refractivity contribution in [1.82, 2.24) is 14.7 Å². The van der Waals surface area contributed by atoms with Crippen molar-refractivity contribution in [2.24, 2.45) is 0 Å². The van der Waals surface area contributed by atoms with E-state index in [-0.39, 0.29) is 0 Å². The van der Waals surface area contributed by atoms with E-state index in [4.69, 9.17) is 0 Å². The Morgan fingerprint density at radius 1 is 1.47 bits per heavy atom. The topological polar surface area (TPSA) is 41.3 Å². The van der Waals surface area contributed by atoms with Gasteiger partial charge < -0.3 is 5.11 Å². The maximum Gasteiger partial charge on any atom is 0.0809 e. The van der Waals surface area contributed by atoms with Crippen molar-refractivity contribution in [3.8, 4) is 0 Å². The molecular weight excluding hydrogens is 190 g/mol. The van der Waals surface area contributed by atoms with E-state index in [1.807, 2.05) is 4.68 Å². The van der Waals surface area contributed by atoms with Gasteiger partial charge in [-0.05, 0) is 20.4 Å². The minimum Gasteiger partial charge on any atom is -0.389 e. The summed E-state index contributed by atoms with van der Waals surface area (Å²) in [6, 6.07) is 0. The summed E-state index contributed by atoms with van der Waals surface area (Å²) in [6.45, 7) is 9.35. The quantitative estimate of drug-likeness (QED) is 0.807. The average molecular weight is 209 g/mol. The molecule has 0 spiro atoms. The third-order valence-electron chi connectivity index (χ3n) is 2.69. The Balaban J connectivity index is 2.08. The summed E-state index contributed by atoms with van der Waals surface area (Å²) < 4.78 is 1.86. The Kier molecular flexibility index (Phi) is 2.56. The minimum absolute atomic E-state index is 0.562. The molecule has 0 aromatic carbocycles. The highest BCUT2D eigenvalue weighted by Gasteiger charge is 2.22. The van der Waals surface area contributed by atoms with E-state index in [2.05, 4.69) is 23.1 Å². The second kappa shape index (κ2) is 3.61. The summed E-state index contributed by atoms with van der Waals surface area (Å²) in [4.78, 5) is 2.35. The summed E-state index contributed by atoms with van der Waals surface area (Å²) in [5.74, 6) is 0.